The Morgan fingerprint density at radius 1 is 1.16 bits per heavy atom. The van der Waals surface area contributed by atoms with Crippen molar-refractivity contribution in [1.29, 1.82) is 0 Å². The quantitative estimate of drug-likeness (QED) is 0.738. The third-order valence-electron chi connectivity index (χ3n) is 4.97. The SMILES string of the molecule is C[C@H](NC(=O)c1c(C(F)(F)F)nn2c1N(CC(C)(C)C)CC2)c1ccc(C(=O)O)cc1. The first-order valence-electron chi connectivity index (χ1n) is 9.85. The van der Waals surface area contributed by atoms with Gasteiger partial charge in [0, 0.05) is 13.1 Å². The van der Waals surface area contributed by atoms with E-state index in [2.05, 4.69) is 10.4 Å². The normalized spacial score (nSPS) is 15.0. The highest BCUT2D eigenvalue weighted by Gasteiger charge is 2.44. The molecule has 0 saturated carbocycles. The number of fused-ring (bicyclic) bond motifs is 1. The number of carboxylic acid groups (broad SMARTS) is 1. The maximum Gasteiger partial charge on any atom is 0.436 e. The molecular formula is C21H25F3N4O3. The standard InChI is InChI=1S/C21H25F3N4O3/c1-12(13-5-7-14(8-6-13)19(30)31)25-17(29)15-16(21(22,23)24)26-28-10-9-27(18(15)28)11-20(2,3)4/h5-8,12H,9-11H2,1-4H3,(H,25,29)(H,30,31)/t12-/m0/s1. The number of rotatable bonds is 5. The molecule has 1 aromatic carbocycles. The van der Waals surface area contributed by atoms with Gasteiger partial charge in [-0.15, -0.1) is 0 Å². The van der Waals surface area contributed by atoms with E-state index < -0.39 is 35.4 Å². The molecule has 1 atom stereocenters. The maximum atomic E-state index is 13.7. The second kappa shape index (κ2) is 7.90. The molecule has 168 valence electrons. The van der Waals surface area contributed by atoms with Gasteiger partial charge < -0.3 is 15.3 Å². The number of aromatic carboxylic acids is 1. The Bertz CT molecular complexity index is 991. The van der Waals surface area contributed by atoms with E-state index in [1.54, 1.807) is 11.8 Å². The van der Waals surface area contributed by atoms with Gasteiger partial charge in [0.25, 0.3) is 5.91 Å². The summed E-state index contributed by atoms with van der Waals surface area (Å²) >= 11 is 0. The molecule has 10 heteroatoms. The lowest BCUT2D eigenvalue weighted by Gasteiger charge is -2.28. The molecule has 1 aliphatic rings. The minimum absolute atomic E-state index is 0.0777. The molecule has 0 fully saturated rings. The van der Waals surface area contributed by atoms with Crippen molar-refractivity contribution in [2.45, 2.75) is 46.5 Å². The Labute approximate surface area is 177 Å². The van der Waals surface area contributed by atoms with Crippen molar-refractivity contribution in [3.05, 3.63) is 46.6 Å². The van der Waals surface area contributed by atoms with Gasteiger partial charge in [-0.3, -0.25) is 4.79 Å². The third-order valence-corrected chi connectivity index (χ3v) is 4.97. The van der Waals surface area contributed by atoms with Crippen molar-refractivity contribution in [2.75, 3.05) is 18.0 Å². The van der Waals surface area contributed by atoms with Crippen LogP contribution in [0, 0.1) is 5.41 Å². The molecule has 0 bridgehead atoms. The Hall–Kier alpha value is -3.04. The molecule has 2 aromatic rings. The van der Waals surface area contributed by atoms with Gasteiger partial charge in [-0.25, -0.2) is 9.48 Å². The summed E-state index contributed by atoms with van der Waals surface area (Å²) in [6.45, 7) is 8.76. The van der Waals surface area contributed by atoms with E-state index >= 15 is 0 Å². The van der Waals surface area contributed by atoms with Crippen LogP contribution in [0.1, 0.15) is 65.7 Å². The molecule has 31 heavy (non-hydrogen) atoms. The Kier molecular flexibility index (Phi) is 5.77. The van der Waals surface area contributed by atoms with Crippen LogP contribution in [0.5, 0.6) is 0 Å². The van der Waals surface area contributed by atoms with Crippen molar-refractivity contribution >= 4 is 17.7 Å². The van der Waals surface area contributed by atoms with Crippen LogP contribution in [-0.4, -0.2) is 39.9 Å². The number of hydrogen-bond donors (Lipinski definition) is 2. The summed E-state index contributed by atoms with van der Waals surface area (Å²) in [5.41, 5.74) is -1.23. The highest BCUT2D eigenvalue weighted by Crippen LogP contribution is 2.39. The van der Waals surface area contributed by atoms with E-state index in [0.717, 1.165) is 0 Å². The molecule has 0 aliphatic carbocycles. The van der Waals surface area contributed by atoms with Gasteiger partial charge in [0.15, 0.2) is 5.69 Å². The van der Waals surface area contributed by atoms with Crippen molar-refractivity contribution in [3.8, 4) is 0 Å². The highest BCUT2D eigenvalue weighted by molar-refractivity contribution is 6.01. The van der Waals surface area contributed by atoms with Crippen LogP contribution in [0.3, 0.4) is 0 Å². The van der Waals surface area contributed by atoms with Crippen LogP contribution in [0.25, 0.3) is 0 Å². The summed E-state index contributed by atoms with van der Waals surface area (Å²) in [4.78, 5) is 25.8. The summed E-state index contributed by atoms with van der Waals surface area (Å²) in [6, 6.07) is 5.17. The number of benzene rings is 1. The van der Waals surface area contributed by atoms with Crippen LogP contribution in [0.4, 0.5) is 19.0 Å². The van der Waals surface area contributed by atoms with Crippen LogP contribution in [0.2, 0.25) is 0 Å². The zero-order chi connectivity index (χ0) is 23.1. The zero-order valence-electron chi connectivity index (χ0n) is 17.7. The topological polar surface area (TPSA) is 87.5 Å². The van der Waals surface area contributed by atoms with Crippen molar-refractivity contribution in [1.82, 2.24) is 15.1 Å². The van der Waals surface area contributed by atoms with Crippen molar-refractivity contribution in [2.24, 2.45) is 5.41 Å². The highest BCUT2D eigenvalue weighted by atomic mass is 19.4. The first-order valence-corrected chi connectivity index (χ1v) is 9.85. The number of nitrogens with zero attached hydrogens (tertiary/aromatic N) is 3. The minimum atomic E-state index is -4.77. The maximum absolute atomic E-state index is 13.7. The molecule has 7 nitrogen and oxygen atoms in total. The summed E-state index contributed by atoms with van der Waals surface area (Å²) in [5, 5.41) is 15.3. The predicted molar refractivity (Wildman–Crippen MR) is 108 cm³/mol. The summed E-state index contributed by atoms with van der Waals surface area (Å²) in [7, 11) is 0. The number of nitrogens with one attached hydrogen (secondary N) is 1. The molecule has 0 saturated heterocycles. The van der Waals surface area contributed by atoms with Crippen LogP contribution < -0.4 is 10.2 Å². The Morgan fingerprint density at radius 2 is 1.77 bits per heavy atom. The van der Waals surface area contributed by atoms with Gasteiger partial charge in [0.1, 0.15) is 11.4 Å². The first-order chi connectivity index (χ1) is 14.3. The Morgan fingerprint density at radius 3 is 2.29 bits per heavy atom. The lowest BCUT2D eigenvalue weighted by molar-refractivity contribution is -0.141. The number of anilines is 1. The fourth-order valence-electron chi connectivity index (χ4n) is 3.65. The smallest absolute Gasteiger partial charge is 0.436 e. The number of carboxylic acids is 1. The van der Waals surface area contributed by atoms with Gasteiger partial charge in [0.05, 0.1) is 18.2 Å². The molecule has 0 radical (unpaired) electrons. The van der Waals surface area contributed by atoms with E-state index in [0.29, 0.717) is 18.7 Å². The summed E-state index contributed by atoms with van der Waals surface area (Å²) in [5.74, 6) is -1.79. The monoisotopic (exact) mass is 438 g/mol. The molecule has 0 unspecified atom stereocenters. The van der Waals surface area contributed by atoms with Gasteiger partial charge in [-0.1, -0.05) is 32.9 Å². The third kappa shape index (κ3) is 4.83. The largest absolute Gasteiger partial charge is 0.478 e. The second-order valence-corrected chi connectivity index (χ2v) is 8.87. The Balaban J connectivity index is 1.93. The van der Waals surface area contributed by atoms with Crippen molar-refractivity contribution in [3.63, 3.8) is 0 Å². The average Bonchev–Trinajstić information content (AvgIpc) is 3.20. The van der Waals surface area contributed by atoms with E-state index in [1.165, 1.54) is 28.9 Å². The summed E-state index contributed by atoms with van der Waals surface area (Å²) < 4.78 is 42.3. The molecular weight excluding hydrogens is 413 g/mol. The lowest BCUT2D eigenvalue weighted by Crippen LogP contribution is -2.34. The van der Waals surface area contributed by atoms with E-state index in [1.807, 2.05) is 20.8 Å². The minimum Gasteiger partial charge on any atom is -0.478 e. The van der Waals surface area contributed by atoms with Crippen LogP contribution >= 0.6 is 0 Å². The fraction of sp³-hybridized carbons (Fsp3) is 0.476. The molecule has 2 heterocycles. The average molecular weight is 438 g/mol. The van der Waals surface area contributed by atoms with Gasteiger partial charge >= 0.3 is 12.1 Å². The van der Waals surface area contributed by atoms with E-state index in [4.69, 9.17) is 5.11 Å². The number of hydrogen-bond acceptors (Lipinski definition) is 4. The molecule has 0 spiro atoms. The molecule has 1 aliphatic heterocycles. The predicted octanol–water partition coefficient (Wildman–Crippen LogP) is 3.96. The summed E-state index contributed by atoms with van der Waals surface area (Å²) in [6.07, 6.45) is -4.77. The van der Waals surface area contributed by atoms with E-state index in [9.17, 15) is 22.8 Å². The molecule has 2 N–H and O–H groups in total. The van der Waals surface area contributed by atoms with E-state index in [-0.39, 0.29) is 23.3 Å². The van der Waals surface area contributed by atoms with Crippen LogP contribution in [0.15, 0.2) is 24.3 Å². The fourth-order valence-corrected chi connectivity index (χ4v) is 3.65. The second-order valence-electron chi connectivity index (χ2n) is 8.87. The number of carbonyl (C=O) groups excluding carboxylic acids is 1. The number of alkyl halides is 3. The number of amides is 1. The molecule has 1 amide bonds. The number of aromatic nitrogens is 2. The number of carbonyl (C=O) groups is 2. The number of halogens is 3. The molecule has 1 aromatic heterocycles. The molecule has 3 rings (SSSR count). The lowest BCUT2D eigenvalue weighted by atomic mass is 9.96. The first kappa shape index (κ1) is 22.6. The zero-order valence-corrected chi connectivity index (χ0v) is 17.7. The van der Waals surface area contributed by atoms with Gasteiger partial charge in [-0.05, 0) is 30.0 Å². The van der Waals surface area contributed by atoms with Crippen molar-refractivity contribution < 1.29 is 27.9 Å². The van der Waals surface area contributed by atoms with Gasteiger partial charge in [0.2, 0.25) is 0 Å². The van der Waals surface area contributed by atoms with Gasteiger partial charge in [-0.2, -0.15) is 18.3 Å². The van der Waals surface area contributed by atoms with Crippen LogP contribution in [-0.2, 0) is 12.7 Å².